The van der Waals surface area contributed by atoms with Gasteiger partial charge in [0.15, 0.2) is 0 Å². The second kappa shape index (κ2) is 9.04. The monoisotopic (exact) mass is 464 g/mol. The van der Waals surface area contributed by atoms with Crippen LogP contribution in [-0.2, 0) is 10.9 Å². The third-order valence-electron chi connectivity index (χ3n) is 4.05. The number of hydrogen-bond acceptors (Lipinski definition) is 5. The fourth-order valence-corrected chi connectivity index (χ4v) is 2.87. The Bertz CT molecular complexity index is 1110. The number of alkyl halides is 3. The molecule has 3 rings (SSSR count). The van der Waals surface area contributed by atoms with E-state index in [1.165, 1.54) is 18.3 Å². The molecule has 2 aromatic carbocycles. The summed E-state index contributed by atoms with van der Waals surface area (Å²) in [6.07, 6.45) is -3.62. The van der Waals surface area contributed by atoms with Gasteiger partial charge in [0.05, 0.1) is 5.56 Å². The van der Waals surface area contributed by atoms with Crippen molar-refractivity contribution < 1.29 is 22.7 Å². The summed E-state index contributed by atoms with van der Waals surface area (Å²) in [6.45, 7) is 5.27. The first-order chi connectivity index (χ1) is 14.9. The first-order valence-corrected chi connectivity index (χ1v) is 9.86. The number of hydrogen-bond donors (Lipinski definition) is 2. The molecule has 0 atom stereocenters. The number of benzene rings is 2. The van der Waals surface area contributed by atoms with Gasteiger partial charge in [-0.25, -0.2) is 9.78 Å². The number of carbonyl (C=O) groups excluding carboxylic acids is 1. The number of halogens is 4. The summed E-state index contributed by atoms with van der Waals surface area (Å²) in [6, 6.07) is 11.4. The maximum Gasteiger partial charge on any atom is 0.416 e. The molecule has 1 amide bonds. The second-order valence-corrected chi connectivity index (χ2v) is 8.15. The summed E-state index contributed by atoms with van der Waals surface area (Å²) in [7, 11) is 0. The highest BCUT2D eigenvalue weighted by atomic mass is 35.5. The predicted molar refractivity (Wildman–Crippen MR) is 117 cm³/mol. The molecule has 0 aliphatic carbocycles. The molecule has 0 radical (unpaired) electrons. The lowest BCUT2D eigenvalue weighted by Gasteiger charge is -2.20. The fraction of sp³-hybridized carbons (Fsp3) is 0.227. The molecule has 0 aliphatic rings. The molecule has 2 N–H and O–H groups in total. The minimum Gasteiger partial charge on any atom is -0.444 e. The first kappa shape index (κ1) is 23.3. The quantitative estimate of drug-likeness (QED) is 0.410. The van der Waals surface area contributed by atoms with Gasteiger partial charge in [-0.3, -0.25) is 5.32 Å². The summed E-state index contributed by atoms with van der Waals surface area (Å²) in [5.74, 6) is 0.291. The van der Waals surface area contributed by atoms with Crippen molar-refractivity contribution in [3.63, 3.8) is 0 Å². The molecule has 0 bridgehead atoms. The third-order valence-corrected chi connectivity index (χ3v) is 4.24. The molecule has 0 spiro atoms. The highest BCUT2D eigenvalue weighted by Gasteiger charge is 2.30. The lowest BCUT2D eigenvalue weighted by Crippen LogP contribution is -2.27. The maximum atomic E-state index is 12.9. The van der Waals surface area contributed by atoms with Crippen LogP contribution in [0, 0.1) is 0 Å². The van der Waals surface area contributed by atoms with Gasteiger partial charge in [-0.15, -0.1) is 0 Å². The minimum absolute atomic E-state index is 0.0359. The van der Waals surface area contributed by atoms with E-state index in [-0.39, 0.29) is 5.28 Å². The third kappa shape index (κ3) is 6.34. The van der Waals surface area contributed by atoms with E-state index in [2.05, 4.69) is 20.6 Å². The van der Waals surface area contributed by atoms with Gasteiger partial charge in [0, 0.05) is 23.1 Å². The Hall–Kier alpha value is -3.33. The highest BCUT2D eigenvalue weighted by molar-refractivity contribution is 6.28. The van der Waals surface area contributed by atoms with E-state index >= 15 is 0 Å². The average Bonchev–Trinajstić information content (AvgIpc) is 2.66. The van der Waals surface area contributed by atoms with Crippen LogP contribution >= 0.6 is 11.6 Å². The molecular weight excluding hydrogens is 445 g/mol. The largest absolute Gasteiger partial charge is 0.444 e. The van der Waals surface area contributed by atoms with Crippen LogP contribution in [0.4, 0.5) is 35.2 Å². The smallest absolute Gasteiger partial charge is 0.416 e. The molecule has 0 aliphatic heterocycles. The van der Waals surface area contributed by atoms with E-state index in [1.807, 2.05) is 0 Å². The normalized spacial score (nSPS) is 11.7. The minimum atomic E-state index is -4.43. The van der Waals surface area contributed by atoms with Gasteiger partial charge in [-0.2, -0.15) is 18.2 Å². The van der Waals surface area contributed by atoms with Crippen LogP contribution in [0.3, 0.4) is 0 Å². The van der Waals surface area contributed by atoms with Gasteiger partial charge in [0.2, 0.25) is 5.28 Å². The van der Waals surface area contributed by atoms with Crippen molar-refractivity contribution in [2.45, 2.75) is 32.5 Å². The van der Waals surface area contributed by atoms with Crippen LogP contribution in [0.25, 0.3) is 11.1 Å². The molecular formula is C22H20ClF3N4O2. The van der Waals surface area contributed by atoms with E-state index in [4.69, 9.17) is 16.3 Å². The van der Waals surface area contributed by atoms with Gasteiger partial charge >= 0.3 is 12.3 Å². The number of nitrogens with zero attached hydrogens (tertiary/aromatic N) is 2. The van der Waals surface area contributed by atoms with Crippen molar-refractivity contribution in [1.82, 2.24) is 9.97 Å². The van der Waals surface area contributed by atoms with Gasteiger partial charge < -0.3 is 10.1 Å². The van der Waals surface area contributed by atoms with Crippen molar-refractivity contribution >= 4 is 34.9 Å². The topological polar surface area (TPSA) is 76.1 Å². The zero-order valence-corrected chi connectivity index (χ0v) is 18.2. The molecule has 32 heavy (non-hydrogen) atoms. The molecule has 0 unspecified atom stereocenters. The van der Waals surface area contributed by atoms with Crippen molar-refractivity contribution in [2.75, 3.05) is 10.6 Å². The Kier molecular flexibility index (Phi) is 6.59. The predicted octanol–water partition coefficient (Wildman–Crippen LogP) is 6.91. The molecule has 1 heterocycles. The number of ether oxygens (including phenoxy) is 1. The molecule has 168 valence electrons. The Morgan fingerprint density at radius 2 is 1.69 bits per heavy atom. The van der Waals surface area contributed by atoms with E-state index in [0.29, 0.717) is 28.3 Å². The maximum absolute atomic E-state index is 12.9. The second-order valence-electron chi connectivity index (χ2n) is 7.81. The van der Waals surface area contributed by atoms with Crippen LogP contribution in [0.5, 0.6) is 0 Å². The summed E-state index contributed by atoms with van der Waals surface area (Å²) in [5, 5.41) is 5.67. The summed E-state index contributed by atoms with van der Waals surface area (Å²) in [4.78, 5) is 20.1. The van der Waals surface area contributed by atoms with Crippen LogP contribution in [-0.4, -0.2) is 21.7 Å². The lowest BCUT2D eigenvalue weighted by molar-refractivity contribution is -0.137. The number of aromatic nitrogens is 2. The Morgan fingerprint density at radius 1 is 1.03 bits per heavy atom. The zero-order valence-electron chi connectivity index (χ0n) is 17.4. The van der Waals surface area contributed by atoms with Crippen molar-refractivity contribution in [2.24, 2.45) is 0 Å². The Morgan fingerprint density at radius 3 is 2.31 bits per heavy atom. The van der Waals surface area contributed by atoms with Crippen molar-refractivity contribution in [3.8, 4) is 11.1 Å². The number of amides is 1. The number of carbonyl (C=O) groups is 1. The zero-order chi connectivity index (χ0) is 23.5. The lowest BCUT2D eigenvalue weighted by atomic mass is 10.1. The Balaban J connectivity index is 1.85. The summed E-state index contributed by atoms with van der Waals surface area (Å²) >= 11 is 5.93. The Labute approximate surface area is 187 Å². The van der Waals surface area contributed by atoms with Crippen LogP contribution in [0.1, 0.15) is 26.3 Å². The van der Waals surface area contributed by atoms with Crippen molar-refractivity contribution in [1.29, 1.82) is 0 Å². The molecule has 0 saturated heterocycles. The van der Waals surface area contributed by atoms with E-state index < -0.39 is 23.4 Å². The van der Waals surface area contributed by atoms with Gasteiger partial charge in [0.1, 0.15) is 11.4 Å². The van der Waals surface area contributed by atoms with Gasteiger partial charge in [-0.1, -0.05) is 18.2 Å². The number of rotatable bonds is 4. The average molecular weight is 465 g/mol. The van der Waals surface area contributed by atoms with Gasteiger partial charge in [0.25, 0.3) is 0 Å². The summed E-state index contributed by atoms with van der Waals surface area (Å²) in [5.41, 5.74) is 0.552. The van der Waals surface area contributed by atoms with Crippen LogP contribution < -0.4 is 10.6 Å². The van der Waals surface area contributed by atoms with Crippen LogP contribution in [0.15, 0.2) is 54.7 Å². The van der Waals surface area contributed by atoms with E-state index in [0.717, 1.165) is 12.1 Å². The van der Waals surface area contributed by atoms with E-state index in [9.17, 15) is 18.0 Å². The highest BCUT2D eigenvalue weighted by Crippen LogP contribution is 2.34. The molecule has 6 nitrogen and oxygen atoms in total. The van der Waals surface area contributed by atoms with Crippen molar-refractivity contribution in [3.05, 3.63) is 65.6 Å². The standard InChI is InChI=1S/C22H20ClF3N4O2/c1-21(2,3)32-20(31)29-16-6-4-5-15(11-16)28-18-17(12-27-19(23)30-18)13-7-9-14(10-8-13)22(24,25)26/h4-12H,1-3H3,(H,29,31)(H,27,28,30). The molecule has 0 saturated carbocycles. The molecule has 1 aromatic heterocycles. The first-order valence-electron chi connectivity index (χ1n) is 9.48. The molecule has 0 fully saturated rings. The fourth-order valence-electron chi connectivity index (χ4n) is 2.74. The number of nitrogens with one attached hydrogen (secondary N) is 2. The summed E-state index contributed by atoms with van der Waals surface area (Å²) < 4.78 is 43.8. The number of anilines is 3. The van der Waals surface area contributed by atoms with E-state index in [1.54, 1.807) is 45.0 Å². The van der Waals surface area contributed by atoms with Gasteiger partial charge in [-0.05, 0) is 68.3 Å². The van der Waals surface area contributed by atoms with Crippen LogP contribution in [0.2, 0.25) is 5.28 Å². The SMILES string of the molecule is CC(C)(C)OC(=O)Nc1cccc(Nc2nc(Cl)ncc2-c2ccc(C(F)(F)F)cc2)c1. The molecule has 10 heteroatoms. The molecule has 3 aromatic rings.